The van der Waals surface area contributed by atoms with Gasteiger partial charge in [-0.2, -0.15) is 0 Å². The average Bonchev–Trinajstić information content (AvgIpc) is 2.78. The van der Waals surface area contributed by atoms with Crippen LogP contribution in [-0.4, -0.2) is 30.9 Å². The maximum Gasteiger partial charge on any atom is 0.261 e. The summed E-state index contributed by atoms with van der Waals surface area (Å²) in [5, 5.41) is 13.5. The molecule has 2 aromatic rings. The van der Waals surface area contributed by atoms with E-state index in [1.807, 2.05) is 44.1 Å². The molecule has 1 heterocycles. The number of benzene rings is 2. The molecular weight excluding hydrogens is 304 g/mol. The van der Waals surface area contributed by atoms with Crippen molar-refractivity contribution >= 4 is 23.1 Å². The second kappa shape index (κ2) is 5.76. The van der Waals surface area contributed by atoms with E-state index in [0.717, 1.165) is 11.3 Å². The minimum absolute atomic E-state index is 0.271. The van der Waals surface area contributed by atoms with Gasteiger partial charge in [0.05, 0.1) is 6.42 Å². The third kappa shape index (κ3) is 2.67. The van der Waals surface area contributed by atoms with Crippen LogP contribution in [0.25, 0.3) is 0 Å². The monoisotopic (exact) mass is 324 g/mol. The van der Waals surface area contributed by atoms with Crippen LogP contribution in [0, 0.1) is 6.92 Å². The van der Waals surface area contributed by atoms with Crippen molar-refractivity contribution in [3.05, 3.63) is 59.2 Å². The molecule has 0 saturated carbocycles. The summed E-state index contributed by atoms with van der Waals surface area (Å²) in [7, 11) is 3.84. The van der Waals surface area contributed by atoms with Gasteiger partial charge < -0.3 is 15.3 Å². The van der Waals surface area contributed by atoms with Gasteiger partial charge in [0.1, 0.15) is 0 Å². The number of Topliss-reactive ketones (excluding diaryl/α,β-unsaturated/α-hetero) is 1. The second-order valence-corrected chi connectivity index (χ2v) is 6.40. The molecule has 1 amide bonds. The Hall–Kier alpha value is -2.66. The summed E-state index contributed by atoms with van der Waals surface area (Å²) in [6.45, 7) is 1.88. The van der Waals surface area contributed by atoms with Crippen LogP contribution in [0.15, 0.2) is 42.5 Å². The number of hydrogen-bond acceptors (Lipinski definition) is 4. The van der Waals surface area contributed by atoms with E-state index < -0.39 is 11.5 Å². The zero-order chi connectivity index (χ0) is 17.5. The molecule has 0 bridgehead atoms. The van der Waals surface area contributed by atoms with Crippen LogP contribution in [0.4, 0.5) is 11.4 Å². The van der Waals surface area contributed by atoms with Crippen molar-refractivity contribution in [3.63, 3.8) is 0 Å². The van der Waals surface area contributed by atoms with Crippen molar-refractivity contribution < 1.29 is 14.7 Å². The molecule has 0 radical (unpaired) electrons. The molecule has 124 valence electrons. The number of aryl methyl sites for hydroxylation is 1. The van der Waals surface area contributed by atoms with Crippen LogP contribution >= 0.6 is 0 Å². The number of ketones is 1. The largest absolute Gasteiger partial charge is 0.378 e. The number of carbonyl (C=O) groups is 2. The summed E-state index contributed by atoms with van der Waals surface area (Å²) in [4.78, 5) is 26.8. The minimum Gasteiger partial charge on any atom is -0.378 e. The fourth-order valence-electron chi connectivity index (χ4n) is 2.91. The summed E-state index contributed by atoms with van der Waals surface area (Å²) in [6.07, 6.45) is -0.281. The first kappa shape index (κ1) is 16.2. The van der Waals surface area contributed by atoms with Gasteiger partial charge in [-0.3, -0.25) is 9.59 Å². The number of aliphatic hydroxyl groups is 1. The standard InChI is InChI=1S/C19H20N2O3/c1-12-4-9-16-15(10-12)19(24,18(23)20-16)11-17(22)13-5-7-14(8-6-13)21(2)3/h4-10,24H,11H2,1-3H3,(H,20,23)/t19-/m1/s1. The number of rotatable bonds is 4. The molecule has 2 N–H and O–H groups in total. The highest BCUT2D eigenvalue weighted by Gasteiger charge is 2.46. The quantitative estimate of drug-likeness (QED) is 0.848. The van der Waals surface area contributed by atoms with Crippen molar-refractivity contribution in [2.45, 2.75) is 18.9 Å². The first-order chi connectivity index (χ1) is 11.3. The first-order valence-corrected chi connectivity index (χ1v) is 7.77. The van der Waals surface area contributed by atoms with Gasteiger partial charge in [0.2, 0.25) is 0 Å². The Morgan fingerprint density at radius 1 is 1.17 bits per heavy atom. The maximum absolute atomic E-state index is 12.6. The van der Waals surface area contributed by atoms with Crippen LogP contribution in [0.5, 0.6) is 0 Å². The van der Waals surface area contributed by atoms with E-state index in [1.165, 1.54) is 0 Å². The van der Waals surface area contributed by atoms with Gasteiger partial charge in [-0.1, -0.05) is 17.7 Å². The summed E-state index contributed by atoms with van der Waals surface area (Å²) in [5.74, 6) is -0.825. The van der Waals surface area contributed by atoms with Crippen LogP contribution in [0.2, 0.25) is 0 Å². The molecule has 3 rings (SSSR count). The van der Waals surface area contributed by atoms with E-state index in [2.05, 4.69) is 5.32 Å². The van der Waals surface area contributed by atoms with Gasteiger partial charge >= 0.3 is 0 Å². The van der Waals surface area contributed by atoms with Gasteiger partial charge in [0.25, 0.3) is 5.91 Å². The lowest BCUT2D eigenvalue weighted by Gasteiger charge is -2.20. The van der Waals surface area contributed by atoms with Gasteiger partial charge in [0.15, 0.2) is 11.4 Å². The number of nitrogens with one attached hydrogen (secondary N) is 1. The molecule has 0 unspecified atom stereocenters. The molecule has 1 aliphatic rings. The molecular formula is C19H20N2O3. The van der Waals surface area contributed by atoms with Crippen LogP contribution in [0.3, 0.4) is 0 Å². The smallest absolute Gasteiger partial charge is 0.261 e. The predicted molar refractivity (Wildman–Crippen MR) is 93.4 cm³/mol. The van der Waals surface area contributed by atoms with Crippen molar-refractivity contribution in [2.75, 3.05) is 24.3 Å². The van der Waals surface area contributed by atoms with Gasteiger partial charge in [-0.15, -0.1) is 0 Å². The van der Waals surface area contributed by atoms with E-state index >= 15 is 0 Å². The second-order valence-electron chi connectivity index (χ2n) is 6.40. The average molecular weight is 324 g/mol. The van der Waals surface area contributed by atoms with Crippen molar-refractivity contribution in [2.24, 2.45) is 0 Å². The van der Waals surface area contributed by atoms with Crippen molar-refractivity contribution in [1.82, 2.24) is 0 Å². The molecule has 0 aromatic heterocycles. The third-order valence-corrected chi connectivity index (χ3v) is 4.37. The fraction of sp³-hybridized carbons (Fsp3) is 0.263. The lowest BCUT2D eigenvalue weighted by atomic mass is 9.87. The highest BCUT2D eigenvalue weighted by atomic mass is 16.3. The van der Waals surface area contributed by atoms with E-state index in [9.17, 15) is 14.7 Å². The molecule has 1 aliphatic heterocycles. The number of carbonyl (C=O) groups excluding carboxylic acids is 2. The molecule has 0 saturated heterocycles. The Kier molecular flexibility index (Phi) is 3.89. The SMILES string of the molecule is Cc1ccc2c(c1)[C@](O)(CC(=O)c1ccc(N(C)C)cc1)C(=O)N2. The van der Waals surface area contributed by atoms with Crippen LogP contribution in [-0.2, 0) is 10.4 Å². The van der Waals surface area contributed by atoms with E-state index in [1.54, 1.807) is 24.3 Å². The van der Waals surface area contributed by atoms with Crippen LogP contribution in [0.1, 0.15) is 27.9 Å². The Morgan fingerprint density at radius 3 is 2.46 bits per heavy atom. The molecule has 24 heavy (non-hydrogen) atoms. The zero-order valence-electron chi connectivity index (χ0n) is 14.0. The number of hydrogen-bond donors (Lipinski definition) is 2. The molecule has 0 aliphatic carbocycles. The van der Waals surface area contributed by atoms with Gasteiger partial charge in [0, 0.05) is 36.6 Å². The topological polar surface area (TPSA) is 69.6 Å². The highest BCUT2D eigenvalue weighted by Crippen LogP contribution is 2.39. The summed E-state index contributed by atoms with van der Waals surface area (Å²) in [5.41, 5.74) is 1.58. The number of amides is 1. The molecule has 5 heteroatoms. The molecule has 0 fully saturated rings. The normalized spacial score (nSPS) is 18.9. The molecule has 0 spiro atoms. The molecule has 1 atom stereocenters. The Morgan fingerprint density at radius 2 is 1.83 bits per heavy atom. The molecule has 5 nitrogen and oxygen atoms in total. The van der Waals surface area contributed by atoms with E-state index in [-0.39, 0.29) is 12.2 Å². The number of anilines is 2. The zero-order valence-corrected chi connectivity index (χ0v) is 14.0. The van der Waals surface area contributed by atoms with Gasteiger partial charge in [-0.05, 0) is 37.3 Å². The first-order valence-electron chi connectivity index (χ1n) is 7.77. The lowest BCUT2D eigenvalue weighted by Crippen LogP contribution is -2.36. The summed E-state index contributed by atoms with van der Waals surface area (Å²) in [6, 6.07) is 12.4. The minimum atomic E-state index is -1.82. The number of fused-ring (bicyclic) bond motifs is 1. The number of nitrogens with zero attached hydrogens (tertiary/aromatic N) is 1. The lowest BCUT2D eigenvalue weighted by molar-refractivity contribution is -0.133. The summed E-state index contributed by atoms with van der Waals surface area (Å²) >= 11 is 0. The van der Waals surface area contributed by atoms with Gasteiger partial charge in [-0.25, -0.2) is 0 Å². The maximum atomic E-state index is 12.6. The predicted octanol–water partition coefficient (Wildman–Crippen LogP) is 2.47. The van der Waals surface area contributed by atoms with Crippen molar-refractivity contribution in [1.29, 1.82) is 0 Å². The van der Waals surface area contributed by atoms with Crippen molar-refractivity contribution in [3.8, 4) is 0 Å². The summed E-state index contributed by atoms with van der Waals surface area (Å²) < 4.78 is 0. The van der Waals surface area contributed by atoms with E-state index in [4.69, 9.17) is 0 Å². The Labute approximate surface area is 140 Å². The molecule has 2 aromatic carbocycles. The third-order valence-electron chi connectivity index (χ3n) is 4.37. The van der Waals surface area contributed by atoms with E-state index in [0.29, 0.717) is 16.8 Å². The van der Waals surface area contributed by atoms with Crippen LogP contribution < -0.4 is 10.2 Å². The fourth-order valence-corrected chi connectivity index (χ4v) is 2.91. The Bertz CT molecular complexity index is 812. The highest BCUT2D eigenvalue weighted by molar-refractivity contribution is 6.09. The Balaban J connectivity index is 1.89.